The Hall–Kier alpha value is -2.91. The van der Waals surface area contributed by atoms with Crippen LogP contribution in [-0.2, 0) is 0 Å². The van der Waals surface area contributed by atoms with Crippen LogP contribution in [0, 0.1) is 6.57 Å². The molecular formula is C21H22FN5. The van der Waals surface area contributed by atoms with Crippen molar-refractivity contribution >= 4 is 22.7 Å². The summed E-state index contributed by atoms with van der Waals surface area (Å²) < 4.78 is 16.1. The molecule has 0 spiro atoms. The van der Waals surface area contributed by atoms with Crippen LogP contribution in [0.4, 0.5) is 16.0 Å². The van der Waals surface area contributed by atoms with Gasteiger partial charge in [-0.2, -0.15) is 0 Å². The van der Waals surface area contributed by atoms with Gasteiger partial charge in [-0.1, -0.05) is 36.4 Å². The predicted molar refractivity (Wildman–Crippen MR) is 106 cm³/mol. The number of halogens is 1. The van der Waals surface area contributed by atoms with Crippen LogP contribution >= 0.6 is 0 Å². The number of anilines is 1. The highest BCUT2D eigenvalue weighted by atomic mass is 19.1. The number of hydrogen-bond acceptors (Lipinski definition) is 3. The van der Waals surface area contributed by atoms with Crippen LogP contribution in [0.3, 0.4) is 0 Å². The summed E-state index contributed by atoms with van der Waals surface area (Å²) >= 11 is 0. The molecule has 1 aliphatic rings. The molecular weight excluding hydrogens is 341 g/mol. The Labute approximate surface area is 158 Å². The molecule has 2 N–H and O–H groups in total. The summed E-state index contributed by atoms with van der Waals surface area (Å²) in [5, 5.41) is 0. The molecule has 0 radical (unpaired) electrons. The highest BCUT2D eigenvalue weighted by molar-refractivity contribution is 5.79. The lowest BCUT2D eigenvalue weighted by molar-refractivity contribution is 0.243. The minimum Gasteiger partial charge on any atom is -0.340 e. The first-order valence-electron chi connectivity index (χ1n) is 9.17. The second kappa shape index (κ2) is 7.01. The van der Waals surface area contributed by atoms with E-state index in [9.17, 15) is 4.39 Å². The summed E-state index contributed by atoms with van der Waals surface area (Å²) in [6.45, 7) is 10.3. The van der Waals surface area contributed by atoms with E-state index in [1.54, 1.807) is 0 Å². The number of piperidine rings is 1. The van der Waals surface area contributed by atoms with E-state index in [0.717, 1.165) is 22.5 Å². The monoisotopic (exact) mass is 363 g/mol. The zero-order valence-corrected chi connectivity index (χ0v) is 15.2. The topological polar surface area (TPSA) is 51.4 Å². The summed E-state index contributed by atoms with van der Waals surface area (Å²) in [5.41, 5.74) is 9.65. The normalized spacial score (nSPS) is 21.2. The van der Waals surface area contributed by atoms with Crippen LogP contribution in [0.25, 0.3) is 15.9 Å². The molecule has 0 unspecified atom stereocenters. The van der Waals surface area contributed by atoms with Gasteiger partial charge in [-0.15, -0.1) is 0 Å². The molecule has 5 nitrogen and oxygen atoms in total. The summed E-state index contributed by atoms with van der Waals surface area (Å²) in [6, 6.07) is 15.2. The number of hydrogen-bond donors (Lipinski definition) is 1. The molecule has 0 amide bonds. The standard InChI is InChI=1S/C21H22FN5/c1-14(15-7-9-16(24-2)10-8-15)27-20-6-4-3-5-19(20)25-21(27)26-12-11-17(22)18(23)13-26/h3-10,14,17-18H,11-13,23H2,1H3/t14-,17+,18-/m1/s1. The van der Waals surface area contributed by atoms with Crippen molar-refractivity contribution in [3.63, 3.8) is 0 Å². The van der Waals surface area contributed by atoms with Gasteiger partial charge < -0.3 is 15.2 Å². The molecule has 1 fully saturated rings. The fourth-order valence-corrected chi connectivity index (χ4v) is 3.75. The molecule has 2 heterocycles. The van der Waals surface area contributed by atoms with E-state index < -0.39 is 12.2 Å². The van der Waals surface area contributed by atoms with E-state index in [4.69, 9.17) is 17.3 Å². The van der Waals surface area contributed by atoms with Gasteiger partial charge in [0.05, 0.1) is 29.7 Å². The number of benzene rings is 2. The lowest BCUT2D eigenvalue weighted by Crippen LogP contribution is -2.50. The van der Waals surface area contributed by atoms with Gasteiger partial charge in [0.15, 0.2) is 5.69 Å². The first kappa shape index (κ1) is 17.5. The average molecular weight is 363 g/mol. The Morgan fingerprint density at radius 1 is 1.22 bits per heavy atom. The van der Waals surface area contributed by atoms with E-state index in [0.29, 0.717) is 25.2 Å². The van der Waals surface area contributed by atoms with Gasteiger partial charge in [0.25, 0.3) is 0 Å². The number of nitrogens with two attached hydrogens (primary N) is 1. The fraction of sp³-hybridized carbons (Fsp3) is 0.333. The minimum absolute atomic E-state index is 0.0199. The third kappa shape index (κ3) is 3.15. The van der Waals surface area contributed by atoms with E-state index in [2.05, 4.69) is 27.3 Å². The summed E-state index contributed by atoms with van der Waals surface area (Å²) in [6.07, 6.45) is -0.545. The third-order valence-corrected chi connectivity index (χ3v) is 5.32. The Balaban J connectivity index is 1.79. The maximum atomic E-state index is 13.9. The van der Waals surface area contributed by atoms with Crippen molar-refractivity contribution in [2.24, 2.45) is 5.73 Å². The van der Waals surface area contributed by atoms with Crippen molar-refractivity contribution in [2.45, 2.75) is 31.6 Å². The van der Waals surface area contributed by atoms with Gasteiger partial charge in [0, 0.05) is 13.1 Å². The van der Waals surface area contributed by atoms with Gasteiger partial charge in [0.1, 0.15) is 6.17 Å². The maximum Gasteiger partial charge on any atom is 0.207 e. The Bertz CT molecular complexity index is 988. The maximum absolute atomic E-state index is 13.9. The van der Waals surface area contributed by atoms with Gasteiger partial charge >= 0.3 is 0 Å². The van der Waals surface area contributed by atoms with E-state index in [-0.39, 0.29) is 6.04 Å². The molecule has 6 heteroatoms. The lowest BCUT2D eigenvalue weighted by atomic mass is 10.0. The van der Waals surface area contributed by atoms with Crippen molar-refractivity contribution in [3.8, 4) is 0 Å². The smallest absolute Gasteiger partial charge is 0.207 e. The van der Waals surface area contributed by atoms with Crippen LogP contribution < -0.4 is 10.6 Å². The first-order valence-corrected chi connectivity index (χ1v) is 9.17. The predicted octanol–water partition coefficient (Wildman–Crippen LogP) is 4.07. The molecule has 0 saturated carbocycles. The molecule has 3 aromatic rings. The molecule has 0 aliphatic carbocycles. The second-order valence-electron chi connectivity index (χ2n) is 7.06. The van der Waals surface area contributed by atoms with E-state index in [1.807, 2.05) is 42.5 Å². The van der Waals surface area contributed by atoms with Gasteiger partial charge in [-0.25, -0.2) is 14.2 Å². The van der Waals surface area contributed by atoms with Crippen molar-refractivity contribution in [3.05, 3.63) is 65.5 Å². The number of nitrogens with zero attached hydrogens (tertiary/aromatic N) is 4. The zero-order chi connectivity index (χ0) is 19.0. The van der Waals surface area contributed by atoms with Crippen molar-refractivity contribution < 1.29 is 4.39 Å². The lowest BCUT2D eigenvalue weighted by Gasteiger charge is -2.35. The van der Waals surface area contributed by atoms with Crippen LogP contribution in [0.15, 0.2) is 48.5 Å². The first-order chi connectivity index (χ1) is 13.1. The molecule has 27 heavy (non-hydrogen) atoms. The van der Waals surface area contributed by atoms with Crippen molar-refractivity contribution in [2.75, 3.05) is 18.0 Å². The average Bonchev–Trinajstić information content (AvgIpc) is 3.09. The van der Waals surface area contributed by atoms with Gasteiger partial charge in [-0.3, -0.25) is 0 Å². The molecule has 1 saturated heterocycles. The van der Waals surface area contributed by atoms with Gasteiger partial charge in [0.2, 0.25) is 5.95 Å². The molecule has 0 bridgehead atoms. The molecule has 1 aliphatic heterocycles. The third-order valence-electron chi connectivity index (χ3n) is 5.32. The summed E-state index contributed by atoms with van der Waals surface area (Å²) in [4.78, 5) is 10.4. The van der Waals surface area contributed by atoms with Crippen molar-refractivity contribution in [1.29, 1.82) is 0 Å². The summed E-state index contributed by atoms with van der Waals surface area (Å²) in [5.74, 6) is 0.820. The molecule has 2 aromatic carbocycles. The number of rotatable bonds is 3. The quantitative estimate of drug-likeness (QED) is 0.714. The number of imidazole rings is 1. The Morgan fingerprint density at radius 2 is 1.96 bits per heavy atom. The second-order valence-corrected chi connectivity index (χ2v) is 7.06. The van der Waals surface area contributed by atoms with E-state index in [1.165, 1.54) is 0 Å². The summed E-state index contributed by atoms with van der Waals surface area (Å²) in [7, 11) is 0. The zero-order valence-electron chi connectivity index (χ0n) is 15.2. The van der Waals surface area contributed by atoms with E-state index >= 15 is 0 Å². The van der Waals surface area contributed by atoms with Crippen LogP contribution in [0.5, 0.6) is 0 Å². The largest absolute Gasteiger partial charge is 0.340 e. The number of aromatic nitrogens is 2. The van der Waals surface area contributed by atoms with Crippen LogP contribution in [0.1, 0.15) is 24.9 Å². The Kier molecular flexibility index (Phi) is 4.54. The van der Waals surface area contributed by atoms with Gasteiger partial charge in [-0.05, 0) is 31.0 Å². The SMILES string of the molecule is [C-]#[N+]c1ccc([C@@H](C)n2c(N3CC[C@H](F)[C@H](N)C3)nc3ccccc32)cc1. The number of alkyl halides is 1. The van der Waals surface area contributed by atoms with Crippen molar-refractivity contribution in [1.82, 2.24) is 9.55 Å². The minimum atomic E-state index is -0.960. The van der Waals surface area contributed by atoms with Crippen LogP contribution in [-0.4, -0.2) is 34.9 Å². The fourth-order valence-electron chi connectivity index (χ4n) is 3.75. The molecule has 4 rings (SSSR count). The highest BCUT2D eigenvalue weighted by Gasteiger charge is 2.30. The molecule has 138 valence electrons. The number of fused-ring (bicyclic) bond motifs is 1. The number of para-hydroxylation sites is 2. The molecule has 1 aromatic heterocycles. The van der Waals surface area contributed by atoms with Crippen LogP contribution in [0.2, 0.25) is 0 Å². The Morgan fingerprint density at radius 3 is 2.67 bits per heavy atom. The molecule has 3 atom stereocenters. The highest BCUT2D eigenvalue weighted by Crippen LogP contribution is 2.32.